The highest BCUT2D eigenvalue weighted by Crippen LogP contribution is 2.28. The number of methoxy groups -OCH3 is 1. The number of nitrogens with zero attached hydrogens (tertiary/aromatic N) is 3. The molecule has 2 rings (SSSR count). The van der Waals surface area contributed by atoms with E-state index in [1.165, 1.54) is 6.08 Å². The second-order valence-corrected chi connectivity index (χ2v) is 4.75. The molecule has 0 aliphatic heterocycles. The third-order valence-corrected chi connectivity index (χ3v) is 2.96. The van der Waals surface area contributed by atoms with E-state index < -0.39 is 5.97 Å². The Labute approximate surface area is 144 Å². The van der Waals surface area contributed by atoms with Gasteiger partial charge in [-0.15, -0.1) is 0 Å². The highest BCUT2D eigenvalue weighted by Gasteiger charge is 2.06. The van der Waals surface area contributed by atoms with Gasteiger partial charge in [0.2, 0.25) is 11.9 Å². The van der Waals surface area contributed by atoms with Crippen LogP contribution in [-0.2, 0) is 16.1 Å². The molecule has 0 fully saturated rings. The molecule has 9 nitrogen and oxygen atoms in total. The van der Waals surface area contributed by atoms with E-state index in [4.69, 9.17) is 25.7 Å². The molecule has 0 spiro atoms. The number of benzene rings is 1. The highest BCUT2D eigenvalue weighted by atomic mass is 16.5. The SMILES string of the molecule is CCOc1ccc(/C=C/C(=O)OCc2nc(N)nc(N)n2)cc1OC. The number of carbonyl (C=O) groups excluding carboxylic acids is 1. The molecular formula is C16H19N5O4. The van der Waals surface area contributed by atoms with Crippen molar-refractivity contribution in [1.29, 1.82) is 0 Å². The van der Waals surface area contributed by atoms with Crippen LogP contribution in [0.3, 0.4) is 0 Å². The lowest BCUT2D eigenvalue weighted by molar-refractivity contribution is -0.139. The molecular weight excluding hydrogens is 326 g/mol. The van der Waals surface area contributed by atoms with Gasteiger partial charge in [-0.25, -0.2) is 4.79 Å². The second-order valence-electron chi connectivity index (χ2n) is 4.75. The summed E-state index contributed by atoms with van der Waals surface area (Å²) < 4.78 is 15.7. The summed E-state index contributed by atoms with van der Waals surface area (Å²) in [6, 6.07) is 5.32. The largest absolute Gasteiger partial charge is 0.493 e. The van der Waals surface area contributed by atoms with Gasteiger partial charge >= 0.3 is 5.97 Å². The second kappa shape index (κ2) is 8.48. The van der Waals surface area contributed by atoms with Crippen LogP contribution in [0.1, 0.15) is 18.3 Å². The first-order chi connectivity index (χ1) is 12.0. The number of aromatic nitrogens is 3. The third-order valence-electron chi connectivity index (χ3n) is 2.96. The van der Waals surface area contributed by atoms with E-state index in [9.17, 15) is 4.79 Å². The zero-order valence-electron chi connectivity index (χ0n) is 13.9. The molecule has 0 radical (unpaired) electrons. The third kappa shape index (κ3) is 5.34. The fourth-order valence-corrected chi connectivity index (χ4v) is 1.93. The molecule has 1 heterocycles. The molecule has 1 aromatic heterocycles. The van der Waals surface area contributed by atoms with Gasteiger partial charge in [-0.05, 0) is 30.7 Å². The average molecular weight is 345 g/mol. The average Bonchev–Trinajstić information content (AvgIpc) is 2.58. The van der Waals surface area contributed by atoms with Crippen LogP contribution in [0.15, 0.2) is 24.3 Å². The van der Waals surface area contributed by atoms with E-state index in [-0.39, 0.29) is 24.3 Å². The van der Waals surface area contributed by atoms with Crippen LogP contribution in [0.4, 0.5) is 11.9 Å². The molecule has 132 valence electrons. The molecule has 0 bridgehead atoms. The van der Waals surface area contributed by atoms with Crippen molar-refractivity contribution in [3.63, 3.8) is 0 Å². The maximum Gasteiger partial charge on any atom is 0.331 e. The van der Waals surface area contributed by atoms with Gasteiger partial charge in [0.25, 0.3) is 0 Å². The maximum absolute atomic E-state index is 11.8. The fraction of sp³-hybridized carbons (Fsp3) is 0.250. The number of carbonyl (C=O) groups is 1. The van der Waals surface area contributed by atoms with Gasteiger partial charge in [-0.3, -0.25) is 0 Å². The van der Waals surface area contributed by atoms with Gasteiger partial charge in [0.05, 0.1) is 13.7 Å². The first-order valence-electron chi connectivity index (χ1n) is 7.43. The minimum Gasteiger partial charge on any atom is -0.493 e. The first kappa shape index (κ1) is 18.0. The van der Waals surface area contributed by atoms with E-state index in [0.717, 1.165) is 5.56 Å². The van der Waals surface area contributed by atoms with Crippen molar-refractivity contribution in [2.45, 2.75) is 13.5 Å². The van der Waals surface area contributed by atoms with E-state index in [1.807, 2.05) is 6.92 Å². The predicted octanol–water partition coefficient (Wildman–Crippen LogP) is 1.20. The number of anilines is 2. The molecule has 0 saturated carbocycles. The molecule has 0 amide bonds. The van der Waals surface area contributed by atoms with Crippen LogP contribution in [0, 0.1) is 0 Å². The highest BCUT2D eigenvalue weighted by molar-refractivity contribution is 5.87. The molecule has 1 aromatic carbocycles. The van der Waals surface area contributed by atoms with Crippen molar-refractivity contribution >= 4 is 23.9 Å². The number of nitrogens with two attached hydrogens (primary N) is 2. The van der Waals surface area contributed by atoms with Crippen molar-refractivity contribution in [3.8, 4) is 11.5 Å². The van der Waals surface area contributed by atoms with Crippen molar-refractivity contribution in [3.05, 3.63) is 35.7 Å². The molecule has 2 aromatic rings. The Morgan fingerprint density at radius 2 is 1.88 bits per heavy atom. The smallest absolute Gasteiger partial charge is 0.331 e. The molecule has 25 heavy (non-hydrogen) atoms. The number of esters is 1. The van der Waals surface area contributed by atoms with Crippen molar-refractivity contribution in [2.24, 2.45) is 0 Å². The molecule has 9 heteroatoms. The van der Waals surface area contributed by atoms with Crippen LogP contribution < -0.4 is 20.9 Å². The summed E-state index contributed by atoms with van der Waals surface area (Å²) >= 11 is 0. The zero-order chi connectivity index (χ0) is 18.2. The van der Waals surface area contributed by atoms with Crippen molar-refractivity contribution < 1.29 is 19.0 Å². The van der Waals surface area contributed by atoms with E-state index in [1.54, 1.807) is 31.4 Å². The number of rotatable bonds is 7. The Morgan fingerprint density at radius 3 is 2.52 bits per heavy atom. The van der Waals surface area contributed by atoms with E-state index >= 15 is 0 Å². The summed E-state index contributed by atoms with van der Waals surface area (Å²) in [5.74, 6) is 0.759. The topological polar surface area (TPSA) is 135 Å². The Hall–Kier alpha value is -3.36. The molecule has 0 atom stereocenters. The van der Waals surface area contributed by atoms with Gasteiger partial charge in [0, 0.05) is 6.08 Å². The van der Waals surface area contributed by atoms with Gasteiger partial charge in [0.1, 0.15) is 0 Å². The number of ether oxygens (including phenoxy) is 3. The Bertz CT molecular complexity index is 759. The van der Waals surface area contributed by atoms with E-state index in [2.05, 4.69) is 15.0 Å². The molecule has 4 N–H and O–H groups in total. The lowest BCUT2D eigenvalue weighted by Crippen LogP contribution is -2.09. The van der Waals surface area contributed by atoms with Gasteiger partial charge in [-0.2, -0.15) is 15.0 Å². The minimum atomic E-state index is -0.564. The first-order valence-corrected chi connectivity index (χ1v) is 7.43. The summed E-state index contributed by atoms with van der Waals surface area (Å²) in [6.45, 7) is 2.26. The molecule has 0 saturated heterocycles. The molecule has 0 aliphatic rings. The summed E-state index contributed by atoms with van der Waals surface area (Å²) in [5.41, 5.74) is 11.6. The number of hydrogen-bond acceptors (Lipinski definition) is 9. The van der Waals surface area contributed by atoms with Gasteiger partial charge < -0.3 is 25.7 Å². The number of hydrogen-bond donors (Lipinski definition) is 2. The molecule has 0 unspecified atom stereocenters. The quantitative estimate of drug-likeness (QED) is 0.560. The van der Waals surface area contributed by atoms with Crippen LogP contribution in [0.5, 0.6) is 11.5 Å². The fourth-order valence-electron chi connectivity index (χ4n) is 1.93. The predicted molar refractivity (Wildman–Crippen MR) is 91.6 cm³/mol. The number of nitrogen functional groups attached to an aromatic ring is 2. The Morgan fingerprint density at radius 1 is 1.16 bits per heavy atom. The Balaban J connectivity index is 1.97. The zero-order valence-corrected chi connectivity index (χ0v) is 13.9. The normalized spacial score (nSPS) is 10.6. The van der Waals surface area contributed by atoms with Crippen molar-refractivity contribution in [2.75, 3.05) is 25.2 Å². The summed E-state index contributed by atoms with van der Waals surface area (Å²) in [5, 5.41) is 0. The van der Waals surface area contributed by atoms with Crippen LogP contribution in [-0.4, -0.2) is 34.6 Å². The summed E-state index contributed by atoms with van der Waals surface area (Å²) in [7, 11) is 1.55. The molecule has 0 aliphatic carbocycles. The van der Waals surface area contributed by atoms with Crippen LogP contribution in [0.25, 0.3) is 6.08 Å². The summed E-state index contributed by atoms with van der Waals surface area (Å²) in [4.78, 5) is 23.1. The lowest BCUT2D eigenvalue weighted by atomic mass is 10.2. The maximum atomic E-state index is 11.8. The van der Waals surface area contributed by atoms with Crippen LogP contribution >= 0.6 is 0 Å². The lowest BCUT2D eigenvalue weighted by Gasteiger charge is -2.09. The standard InChI is InChI=1S/C16H19N5O4/c1-3-24-11-6-4-10(8-12(11)23-2)5-7-14(22)25-9-13-19-15(17)21-16(18)20-13/h4-8H,3,9H2,1-2H3,(H4,17,18,19,20,21)/b7-5+. The minimum absolute atomic E-state index is 0.0319. The Kier molecular flexibility index (Phi) is 6.10. The van der Waals surface area contributed by atoms with Gasteiger partial charge in [0.15, 0.2) is 23.9 Å². The monoisotopic (exact) mass is 345 g/mol. The van der Waals surface area contributed by atoms with Crippen molar-refractivity contribution in [1.82, 2.24) is 15.0 Å². The van der Waals surface area contributed by atoms with Crippen LogP contribution in [0.2, 0.25) is 0 Å². The summed E-state index contributed by atoms with van der Waals surface area (Å²) in [6.07, 6.45) is 2.87. The van der Waals surface area contributed by atoms with Gasteiger partial charge in [-0.1, -0.05) is 6.07 Å². The van der Waals surface area contributed by atoms with E-state index in [0.29, 0.717) is 18.1 Å².